The summed E-state index contributed by atoms with van der Waals surface area (Å²) in [6.07, 6.45) is 2.68. The molecule has 0 N–H and O–H groups in total. The minimum Gasteiger partial charge on any atom is -0.441 e. The number of hydrogen-bond acceptors (Lipinski definition) is 3. The van der Waals surface area contributed by atoms with E-state index < -0.39 is 5.12 Å². The number of nitrogens with zero attached hydrogens (tertiary/aromatic N) is 1. The van der Waals surface area contributed by atoms with Crippen molar-refractivity contribution in [2.45, 2.75) is 0 Å². The first-order valence-electron chi connectivity index (χ1n) is 1.91. The van der Waals surface area contributed by atoms with Crippen molar-refractivity contribution in [3.63, 3.8) is 0 Å². The lowest BCUT2D eigenvalue weighted by molar-refractivity contribution is 0.106. The molecule has 1 radical (unpaired) electrons. The summed E-state index contributed by atoms with van der Waals surface area (Å²) >= 11 is 4.20. The maximum Gasteiger partial charge on any atom is 0.304 e. The summed E-state index contributed by atoms with van der Waals surface area (Å²) in [6.45, 7) is 0. The van der Waals surface area contributed by atoms with E-state index in [1.807, 2.05) is 0 Å². The molecule has 0 aliphatic heterocycles. The van der Waals surface area contributed by atoms with Crippen molar-refractivity contribution < 1.29 is 9.21 Å². The minimum atomic E-state index is -0.560. The van der Waals surface area contributed by atoms with Crippen molar-refractivity contribution in [3.8, 4) is 0 Å². The second-order valence-corrected chi connectivity index (χ2v) is 1.50. The van der Waals surface area contributed by atoms with E-state index >= 15 is 0 Å². The van der Waals surface area contributed by atoms with E-state index in [1.165, 1.54) is 12.5 Å². The molecule has 0 bridgehead atoms. The van der Waals surface area contributed by atoms with Crippen LogP contribution in [0, 0.1) is 0 Å². The van der Waals surface area contributed by atoms with Crippen molar-refractivity contribution in [2.24, 2.45) is 0 Å². The predicted octanol–water partition coefficient (Wildman–Crippen LogP) is 1.01. The average Bonchev–Trinajstić information content (AvgIpc) is 2.12. The Hall–Kier alpha value is -0.900. The second-order valence-electron chi connectivity index (χ2n) is 1.12. The fraction of sp³-hybridized carbons (Fsp3) is 0. The molecule has 0 saturated carbocycles. The van der Waals surface area contributed by atoms with Gasteiger partial charge in [-0.3, -0.25) is 4.79 Å². The normalized spacial score (nSPS) is 9.00. The number of hydrogen-bond donors (Lipinski definition) is 0. The Labute approximate surface area is 51.1 Å². The Morgan fingerprint density at radius 2 is 2.62 bits per heavy atom. The van der Waals surface area contributed by atoms with Crippen molar-refractivity contribution >= 4 is 17.7 Å². The van der Waals surface area contributed by atoms with Gasteiger partial charge in [0.15, 0.2) is 0 Å². The van der Waals surface area contributed by atoms with Crippen LogP contribution in [-0.4, -0.2) is 10.1 Å². The monoisotopic (exact) mass is 128 g/mol. The first-order valence-corrected chi connectivity index (χ1v) is 2.32. The van der Waals surface area contributed by atoms with Crippen LogP contribution >= 0.6 is 12.6 Å². The van der Waals surface area contributed by atoms with Crippen LogP contribution in [0.1, 0.15) is 10.7 Å². The Balaban J connectivity index is 2.93. The molecule has 0 aliphatic carbocycles. The molecule has 0 unspecified atom stereocenters. The van der Waals surface area contributed by atoms with Crippen molar-refractivity contribution in [3.05, 3.63) is 18.4 Å². The number of oxazole rings is 1. The third-order valence-corrected chi connectivity index (χ3v) is 0.782. The summed E-state index contributed by atoms with van der Waals surface area (Å²) in [7, 11) is 0. The van der Waals surface area contributed by atoms with Gasteiger partial charge in [0.25, 0.3) is 5.89 Å². The number of rotatable bonds is 1. The molecule has 0 amide bonds. The molecule has 8 heavy (non-hydrogen) atoms. The van der Waals surface area contributed by atoms with Crippen LogP contribution in [0.2, 0.25) is 0 Å². The van der Waals surface area contributed by atoms with Gasteiger partial charge in [0.1, 0.15) is 6.26 Å². The first kappa shape index (κ1) is 5.24. The van der Waals surface area contributed by atoms with Crippen molar-refractivity contribution in [2.75, 3.05) is 0 Å². The minimum absolute atomic E-state index is 0.0139. The van der Waals surface area contributed by atoms with E-state index in [0.717, 1.165) is 0 Å². The molecule has 1 heterocycles. The van der Waals surface area contributed by atoms with Crippen LogP contribution in [0.15, 0.2) is 16.9 Å². The van der Waals surface area contributed by atoms with Crippen LogP contribution in [0.4, 0.5) is 0 Å². The molecule has 0 aromatic carbocycles. The van der Waals surface area contributed by atoms with Crippen molar-refractivity contribution in [1.29, 1.82) is 0 Å². The zero-order valence-corrected chi connectivity index (χ0v) is 4.64. The molecule has 1 aromatic rings. The molecular weight excluding hydrogens is 126 g/mol. The van der Waals surface area contributed by atoms with Gasteiger partial charge < -0.3 is 4.42 Å². The smallest absolute Gasteiger partial charge is 0.304 e. The summed E-state index contributed by atoms with van der Waals surface area (Å²) in [4.78, 5) is 13.7. The molecule has 0 fully saturated rings. The highest BCUT2D eigenvalue weighted by Crippen LogP contribution is 1.97. The molecule has 0 atom stereocenters. The molecular formula is C4H2NO2S. The van der Waals surface area contributed by atoms with Crippen LogP contribution in [0.5, 0.6) is 0 Å². The van der Waals surface area contributed by atoms with Gasteiger partial charge in [0.05, 0.1) is 6.20 Å². The van der Waals surface area contributed by atoms with Crippen LogP contribution < -0.4 is 0 Å². The maximum absolute atomic E-state index is 10.2. The van der Waals surface area contributed by atoms with E-state index in [1.54, 1.807) is 0 Å². The summed E-state index contributed by atoms with van der Waals surface area (Å²) in [5, 5.41) is -0.560. The lowest BCUT2D eigenvalue weighted by Gasteiger charge is -1.75. The Bertz CT molecular complexity index is 182. The summed E-state index contributed by atoms with van der Waals surface area (Å²) in [6, 6.07) is 0. The van der Waals surface area contributed by atoms with Gasteiger partial charge in [-0.05, 0) is 12.6 Å². The third kappa shape index (κ3) is 0.840. The standard InChI is InChI=1S/C4H2NO2S/c6-4(8)3-5-1-2-7-3/h1-2H. The average molecular weight is 128 g/mol. The van der Waals surface area contributed by atoms with Gasteiger partial charge in [-0.2, -0.15) is 0 Å². The molecule has 1 aromatic heterocycles. The molecule has 41 valence electrons. The van der Waals surface area contributed by atoms with E-state index in [0.29, 0.717) is 0 Å². The van der Waals surface area contributed by atoms with Gasteiger partial charge in [-0.15, -0.1) is 0 Å². The zero-order valence-electron chi connectivity index (χ0n) is 3.83. The summed E-state index contributed by atoms with van der Waals surface area (Å²) in [5.41, 5.74) is 0. The van der Waals surface area contributed by atoms with Gasteiger partial charge in [-0.25, -0.2) is 4.98 Å². The zero-order chi connectivity index (χ0) is 5.98. The van der Waals surface area contributed by atoms with E-state index in [-0.39, 0.29) is 5.89 Å². The Morgan fingerprint density at radius 3 is 2.88 bits per heavy atom. The molecule has 1 rings (SSSR count). The number of carbonyl (C=O) groups is 1. The van der Waals surface area contributed by atoms with E-state index in [4.69, 9.17) is 0 Å². The van der Waals surface area contributed by atoms with Gasteiger partial charge in [-0.1, -0.05) is 0 Å². The van der Waals surface area contributed by atoms with Crippen LogP contribution in [0.3, 0.4) is 0 Å². The quantitative estimate of drug-likeness (QED) is 0.567. The van der Waals surface area contributed by atoms with Gasteiger partial charge in [0.2, 0.25) is 0 Å². The molecule has 0 spiro atoms. The maximum atomic E-state index is 10.2. The first-order chi connectivity index (χ1) is 3.80. The highest BCUT2D eigenvalue weighted by molar-refractivity contribution is 7.97. The predicted molar refractivity (Wildman–Crippen MR) is 28.4 cm³/mol. The SMILES string of the molecule is O=C([S])c1ncco1. The van der Waals surface area contributed by atoms with E-state index in [9.17, 15) is 4.79 Å². The fourth-order valence-electron chi connectivity index (χ4n) is 0.324. The Morgan fingerprint density at radius 1 is 1.88 bits per heavy atom. The molecule has 3 nitrogen and oxygen atoms in total. The number of aromatic nitrogens is 1. The molecule has 0 aliphatic rings. The third-order valence-electron chi connectivity index (χ3n) is 0.607. The Kier molecular flexibility index (Phi) is 1.26. The number of carbonyl (C=O) groups excluding carboxylic acids is 1. The summed E-state index contributed by atoms with van der Waals surface area (Å²) < 4.78 is 4.53. The second kappa shape index (κ2) is 1.92. The largest absolute Gasteiger partial charge is 0.441 e. The van der Waals surface area contributed by atoms with Gasteiger partial charge >= 0.3 is 5.12 Å². The highest BCUT2D eigenvalue weighted by Gasteiger charge is 2.03. The van der Waals surface area contributed by atoms with Crippen molar-refractivity contribution in [1.82, 2.24) is 4.98 Å². The topological polar surface area (TPSA) is 43.1 Å². The molecule has 0 saturated heterocycles. The van der Waals surface area contributed by atoms with Crippen LogP contribution in [-0.2, 0) is 0 Å². The molecule has 4 heteroatoms. The highest BCUT2D eigenvalue weighted by atomic mass is 32.1. The van der Waals surface area contributed by atoms with Gasteiger partial charge in [0, 0.05) is 0 Å². The fourth-order valence-corrected chi connectivity index (χ4v) is 0.425. The van der Waals surface area contributed by atoms with E-state index in [2.05, 4.69) is 22.0 Å². The lowest BCUT2D eigenvalue weighted by Crippen LogP contribution is -1.85. The summed E-state index contributed by atoms with van der Waals surface area (Å²) in [5.74, 6) is -0.0139. The van der Waals surface area contributed by atoms with Crippen LogP contribution in [0.25, 0.3) is 0 Å². The lowest BCUT2D eigenvalue weighted by atomic mass is 10.7.